The van der Waals surface area contributed by atoms with Gasteiger partial charge >= 0.3 is 0 Å². The second kappa shape index (κ2) is 7.19. The molecule has 0 saturated carbocycles. The fraction of sp³-hybridized carbons (Fsp3) is 0.0556. The van der Waals surface area contributed by atoms with Gasteiger partial charge in [0.1, 0.15) is 5.69 Å². The minimum Gasteiger partial charge on any atom is -0.492 e. The molecule has 0 saturated heterocycles. The zero-order valence-electron chi connectivity index (χ0n) is 13.2. The Morgan fingerprint density at radius 1 is 1.12 bits per heavy atom. The number of aliphatic imine (C=N–C) groups is 1. The van der Waals surface area contributed by atoms with Gasteiger partial charge in [0.15, 0.2) is 5.82 Å². The van der Waals surface area contributed by atoms with Gasteiger partial charge in [0.05, 0.1) is 0 Å². The molecule has 0 fully saturated rings. The zero-order chi connectivity index (χ0) is 16.4. The monoisotopic (exact) mass is 353 g/mol. The summed E-state index contributed by atoms with van der Waals surface area (Å²) in [6.45, 7) is 0.623. The van der Waals surface area contributed by atoms with Crippen molar-refractivity contribution in [1.29, 1.82) is 0 Å². The first-order chi connectivity index (χ1) is 11.8. The third-order valence-electron chi connectivity index (χ3n) is 3.74. The lowest BCUT2D eigenvalue weighted by molar-refractivity contribution is 0.455. The Morgan fingerprint density at radius 3 is 2.80 bits per heavy atom. The Morgan fingerprint density at radius 2 is 1.96 bits per heavy atom. The van der Waals surface area contributed by atoms with E-state index in [9.17, 15) is 5.11 Å². The van der Waals surface area contributed by atoms with Gasteiger partial charge in [-0.25, -0.2) is 9.98 Å². The fourth-order valence-electron chi connectivity index (χ4n) is 2.54. The third-order valence-corrected chi connectivity index (χ3v) is 3.74. The maximum Gasteiger partial charge on any atom is 0.238 e. The van der Waals surface area contributed by atoms with E-state index in [2.05, 4.69) is 25.3 Å². The van der Waals surface area contributed by atoms with Crippen molar-refractivity contribution < 1.29 is 5.11 Å². The van der Waals surface area contributed by atoms with E-state index >= 15 is 0 Å². The van der Waals surface area contributed by atoms with Gasteiger partial charge in [0, 0.05) is 30.1 Å². The van der Waals surface area contributed by atoms with E-state index < -0.39 is 0 Å². The molecule has 1 aliphatic heterocycles. The number of aromatic amines is 1. The molecule has 3 aromatic rings. The highest BCUT2D eigenvalue weighted by molar-refractivity contribution is 6.20. The summed E-state index contributed by atoms with van der Waals surface area (Å²) in [7, 11) is 0. The molecule has 7 heteroatoms. The quantitative estimate of drug-likeness (QED) is 0.665. The largest absolute Gasteiger partial charge is 0.492 e. The summed E-state index contributed by atoms with van der Waals surface area (Å²) in [6.07, 6.45) is 5.25. The molecular weight excluding hydrogens is 338 g/mol. The van der Waals surface area contributed by atoms with Crippen LogP contribution >= 0.6 is 12.4 Å². The number of benzene rings is 1. The highest BCUT2D eigenvalue weighted by atomic mass is 35.5. The third kappa shape index (κ3) is 3.54. The van der Waals surface area contributed by atoms with Gasteiger partial charge in [-0.05, 0) is 23.8 Å². The number of rotatable bonds is 4. The molecule has 2 aromatic heterocycles. The van der Waals surface area contributed by atoms with Crippen LogP contribution in [0.25, 0.3) is 11.6 Å². The number of nitrogens with zero attached hydrogens (tertiary/aromatic N) is 3. The number of hydrogen-bond donors (Lipinski definition) is 3. The molecule has 0 aliphatic carbocycles. The summed E-state index contributed by atoms with van der Waals surface area (Å²) in [5, 5.41) is 13.2. The first-order valence-corrected chi connectivity index (χ1v) is 7.57. The van der Waals surface area contributed by atoms with E-state index in [4.69, 9.17) is 0 Å². The Hall–Kier alpha value is -3.12. The standard InChI is InChI=1S/C18H15N5O.ClH/c24-17-15(9-13-11-20-16-14(13)7-4-8-19-16)22-18(23-17)21-10-12-5-2-1-3-6-12;/h1-9,11,24H,10H2,(H2,21,22,23);1H/b13-9+;. The molecule has 6 nitrogen and oxygen atoms in total. The normalized spacial score (nSPS) is 13.5. The van der Waals surface area contributed by atoms with E-state index in [-0.39, 0.29) is 18.3 Å². The minimum absolute atomic E-state index is 0. The molecule has 0 spiro atoms. The van der Waals surface area contributed by atoms with Gasteiger partial charge in [0.25, 0.3) is 0 Å². The van der Waals surface area contributed by atoms with E-state index in [0.717, 1.165) is 16.7 Å². The van der Waals surface area contributed by atoms with Crippen molar-refractivity contribution in [3.8, 4) is 5.88 Å². The van der Waals surface area contributed by atoms with Crippen molar-refractivity contribution in [2.45, 2.75) is 6.54 Å². The van der Waals surface area contributed by atoms with Gasteiger partial charge in [0.2, 0.25) is 11.8 Å². The minimum atomic E-state index is -0.0520. The van der Waals surface area contributed by atoms with E-state index in [1.165, 1.54) is 0 Å². The predicted octanol–water partition coefficient (Wildman–Crippen LogP) is 3.80. The first kappa shape index (κ1) is 16.7. The lowest BCUT2D eigenvalue weighted by Gasteiger charge is -2.02. The lowest BCUT2D eigenvalue weighted by Crippen LogP contribution is -2.00. The molecule has 126 valence electrons. The average Bonchev–Trinajstić information content (AvgIpc) is 3.18. The second-order valence-electron chi connectivity index (χ2n) is 5.39. The highest BCUT2D eigenvalue weighted by Gasteiger charge is 2.14. The van der Waals surface area contributed by atoms with Crippen LogP contribution in [0.3, 0.4) is 0 Å². The molecule has 0 atom stereocenters. The van der Waals surface area contributed by atoms with E-state index in [1.807, 2.05) is 48.5 Å². The molecular formula is C18H16ClN5O. The van der Waals surface area contributed by atoms with Crippen molar-refractivity contribution in [2.24, 2.45) is 4.99 Å². The summed E-state index contributed by atoms with van der Waals surface area (Å²) in [6, 6.07) is 13.8. The maximum atomic E-state index is 10.0. The SMILES string of the molecule is Cl.Oc1nc(NCc2ccccc2)[nH]c1/C=C1\C=Nc2ncccc21. The van der Waals surface area contributed by atoms with E-state index in [1.54, 1.807) is 12.4 Å². The molecule has 3 N–H and O–H groups in total. The predicted molar refractivity (Wildman–Crippen MR) is 102 cm³/mol. The van der Waals surface area contributed by atoms with Crippen LogP contribution in [0.2, 0.25) is 0 Å². The van der Waals surface area contributed by atoms with Crippen molar-refractivity contribution in [3.05, 3.63) is 65.5 Å². The summed E-state index contributed by atoms with van der Waals surface area (Å²) in [5.41, 5.74) is 3.48. The summed E-state index contributed by atoms with van der Waals surface area (Å²) < 4.78 is 0. The number of nitrogens with one attached hydrogen (secondary N) is 2. The molecule has 4 rings (SSSR count). The van der Waals surface area contributed by atoms with Crippen LogP contribution in [-0.2, 0) is 6.54 Å². The summed E-state index contributed by atoms with van der Waals surface area (Å²) >= 11 is 0. The number of imidazole rings is 1. The molecule has 25 heavy (non-hydrogen) atoms. The van der Waals surface area contributed by atoms with Crippen LogP contribution in [0.15, 0.2) is 53.7 Å². The van der Waals surface area contributed by atoms with Crippen LogP contribution in [0.5, 0.6) is 5.88 Å². The number of H-pyrrole nitrogens is 1. The number of allylic oxidation sites excluding steroid dienone is 1. The summed E-state index contributed by atoms with van der Waals surface area (Å²) in [4.78, 5) is 15.6. The van der Waals surface area contributed by atoms with Gasteiger partial charge in [-0.15, -0.1) is 12.4 Å². The van der Waals surface area contributed by atoms with Crippen molar-refractivity contribution in [2.75, 3.05) is 5.32 Å². The number of aromatic nitrogens is 3. The molecule has 0 unspecified atom stereocenters. The topological polar surface area (TPSA) is 86.2 Å². The number of pyridine rings is 1. The van der Waals surface area contributed by atoms with Gasteiger partial charge in [-0.1, -0.05) is 30.3 Å². The molecule has 1 aliphatic rings. The van der Waals surface area contributed by atoms with Gasteiger partial charge in [-0.3, -0.25) is 0 Å². The van der Waals surface area contributed by atoms with Crippen LogP contribution in [0.1, 0.15) is 16.8 Å². The van der Waals surface area contributed by atoms with Crippen molar-refractivity contribution in [1.82, 2.24) is 15.0 Å². The molecule has 0 radical (unpaired) electrons. The molecule has 3 heterocycles. The Kier molecular flexibility index (Phi) is 4.81. The summed E-state index contributed by atoms with van der Waals surface area (Å²) in [5.74, 6) is 1.15. The molecule has 0 bridgehead atoms. The molecule has 0 amide bonds. The number of halogens is 1. The average molecular weight is 354 g/mol. The van der Waals surface area contributed by atoms with Crippen LogP contribution < -0.4 is 5.32 Å². The number of fused-ring (bicyclic) bond motifs is 1. The van der Waals surface area contributed by atoms with Crippen molar-refractivity contribution >= 4 is 42.0 Å². The van der Waals surface area contributed by atoms with Crippen LogP contribution in [-0.4, -0.2) is 26.3 Å². The number of anilines is 1. The van der Waals surface area contributed by atoms with Crippen molar-refractivity contribution in [3.63, 3.8) is 0 Å². The fourth-order valence-corrected chi connectivity index (χ4v) is 2.54. The Bertz CT molecular complexity index is 934. The van der Waals surface area contributed by atoms with Crippen LogP contribution in [0.4, 0.5) is 11.8 Å². The number of aromatic hydroxyl groups is 1. The Labute approximate surface area is 150 Å². The Balaban J connectivity index is 0.00000182. The smallest absolute Gasteiger partial charge is 0.238 e. The van der Waals surface area contributed by atoms with Gasteiger partial charge < -0.3 is 15.4 Å². The first-order valence-electron chi connectivity index (χ1n) is 7.57. The highest BCUT2D eigenvalue weighted by Crippen LogP contribution is 2.31. The maximum absolute atomic E-state index is 10.0. The lowest BCUT2D eigenvalue weighted by atomic mass is 10.1. The van der Waals surface area contributed by atoms with Crippen LogP contribution in [0, 0.1) is 0 Å². The second-order valence-corrected chi connectivity index (χ2v) is 5.39. The zero-order valence-corrected chi connectivity index (χ0v) is 14.0. The van der Waals surface area contributed by atoms with E-state index in [0.29, 0.717) is 24.0 Å². The molecule has 1 aromatic carbocycles. The number of hydrogen-bond acceptors (Lipinski definition) is 5. The van der Waals surface area contributed by atoms with Gasteiger partial charge in [-0.2, -0.15) is 4.98 Å².